The molecule has 0 atom stereocenters. The van der Waals surface area contributed by atoms with Crippen molar-refractivity contribution in [3.63, 3.8) is 0 Å². The second kappa shape index (κ2) is 11.9. The van der Waals surface area contributed by atoms with Crippen molar-refractivity contribution in [2.75, 3.05) is 0 Å². The van der Waals surface area contributed by atoms with Crippen molar-refractivity contribution in [3.05, 3.63) is 182 Å². The molecule has 2 heterocycles. The largest absolute Gasteiger partial charge is 0.455 e. The van der Waals surface area contributed by atoms with Gasteiger partial charge < -0.3 is 4.42 Å². The molecule has 0 bridgehead atoms. The Morgan fingerprint density at radius 1 is 0.353 bits per heavy atom. The van der Waals surface area contributed by atoms with Crippen LogP contribution in [0.5, 0.6) is 0 Å². The maximum atomic E-state index is 6.69. The molecule has 0 saturated heterocycles. The quantitative estimate of drug-likeness (QED) is 0.186. The fraction of sp³-hybridized carbons (Fsp3) is 0. The number of furan rings is 1. The monoisotopic (exact) mass is 650 g/mol. The molecule has 10 rings (SSSR count). The number of fused-ring (bicyclic) bond motifs is 6. The number of hydrogen-bond donors (Lipinski definition) is 0. The third kappa shape index (κ3) is 5.06. The van der Waals surface area contributed by atoms with E-state index in [1.165, 1.54) is 32.8 Å². The van der Waals surface area contributed by atoms with Crippen LogP contribution < -0.4 is 0 Å². The molecule has 3 nitrogen and oxygen atoms in total. The molecule has 0 fully saturated rings. The minimum Gasteiger partial charge on any atom is -0.455 e. The molecule has 8 aromatic carbocycles. The van der Waals surface area contributed by atoms with E-state index in [9.17, 15) is 0 Å². The fourth-order valence-electron chi connectivity index (χ4n) is 7.37. The molecule has 2 aromatic heterocycles. The average molecular weight is 651 g/mol. The van der Waals surface area contributed by atoms with E-state index in [1.807, 2.05) is 18.2 Å². The average Bonchev–Trinajstić information content (AvgIpc) is 3.60. The molecule has 0 saturated carbocycles. The first kappa shape index (κ1) is 29.1. The van der Waals surface area contributed by atoms with E-state index in [4.69, 9.17) is 14.4 Å². The van der Waals surface area contributed by atoms with E-state index < -0.39 is 0 Å². The van der Waals surface area contributed by atoms with Gasteiger partial charge in [0.2, 0.25) is 0 Å². The molecule has 0 spiro atoms. The molecule has 0 aliphatic rings. The summed E-state index contributed by atoms with van der Waals surface area (Å²) < 4.78 is 6.69. The van der Waals surface area contributed by atoms with Crippen LogP contribution in [0.4, 0.5) is 0 Å². The van der Waals surface area contributed by atoms with Gasteiger partial charge in [0.1, 0.15) is 11.2 Å². The SMILES string of the molecule is c1ccc(-c2nc(-c3ccc(-c4ccc5ccccc5c4)cc3)cc(-c3cccc4oc5c6ccccc6c(-c6ccccc6)cc5c34)n2)cc1. The van der Waals surface area contributed by atoms with Crippen LogP contribution in [-0.2, 0) is 0 Å². The Morgan fingerprint density at radius 3 is 1.80 bits per heavy atom. The molecule has 0 aliphatic heterocycles. The maximum absolute atomic E-state index is 6.69. The second-order valence-corrected chi connectivity index (χ2v) is 13.0. The number of hydrogen-bond acceptors (Lipinski definition) is 3. The van der Waals surface area contributed by atoms with Gasteiger partial charge in [-0.2, -0.15) is 0 Å². The molecular weight excluding hydrogens is 621 g/mol. The Labute approximate surface area is 295 Å². The second-order valence-electron chi connectivity index (χ2n) is 13.0. The van der Waals surface area contributed by atoms with E-state index in [0.29, 0.717) is 5.82 Å². The first-order valence-corrected chi connectivity index (χ1v) is 17.2. The lowest BCUT2D eigenvalue weighted by Gasteiger charge is -2.11. The van der Waals surface area contributed by atoms with Gasteiger partial charge in [-0.1, -0.05) is 158 Å². The normalized spacial score (nSPS) is 11.5. The molecular formula is C48H30N2O. The highest BCUT2D eigenvalue weighted by atomic mass is 16.3. The van der Waals surface area contributed by atoms with Crippen LogP contribution in [0.2, 0.25) is 0 Å². The Hall–Kier alpha value is -6.84. The summed E-state index contributed by atoms with van der Waals surface area (Å²) in [5.41, 5.74) is 11.1. The van der Waals surface area contributed by atoms with Gasteiger partial charge in [-0.3, -0.25) is 0 Å². The molecule has 0 unspecified atom stereocenters. The lowest BCUT2D eigenvalue weighted by atomic mass is 9.94. The molecule has 238 valence electrons. The molecule has 0 aliphatic carbocycles. The van der Waals surface area contributed by atoms with Gasteiger partial charge >= 0.3 is 0 Å². The fourth-order valence-corrected chi connectivity index (χ4v) is 7.37. The number of rotatable bonds is 5. The van der Waals surface area contributed by atoms with Crippen LogP contribution in [-0.4, -0.2) is 9.97 Å². The highest BCUT2D eigenvalue weighted by Gasteiger charge is 2.20. The molecule has 0 amide bonds. The minimum absolute atomic E-state index is 0.682. The predicted molar refractivity (Wildman–Crippen MR) is 212 cm³/mol. The van der Waals surface area contributed by atoms with Crippen molar-refractivity contribution >= 4 is 43.5 Å². The highest BCUT2D eigenvalue weighted by molar-refractivity contribution is 6.22. The van der Waals surface area contributed by atoms with Gasteiger partial charge in [-0.25, -0.2) is 9.97 Å². The lowest BCUT2D eigenvalue weighted by Crippen LogP contribution is -1.96. The zero-order valence-electron chi connectivity index (χ0n) is 27.6. The predicted octanol–water partition coefficient (Wildman–Crippen LogP) is 13.0. The smallest absolute Gasteiger partial charge is 0.160 e. The topological polar surface area (TPSA) is 38.9 Å². The van der Waals surface area contributed by atoms with E-state index in [0.717, 1.165) is 61.0 Å². The Bertz CT molecular complexity index is 2890. The standard InChI is InChI=1S/C48H30N2O/c1-3-13-33(14-4-1)41-29-42-46-40(20-11-21-45(46)51-47(42)39-19-10-9-18-38(39)41)44-30-43(49-48(50-44)35-15-5-2-6-16-35)34-25-22-32(23-26-34)37-27-24-31-12-7-8-17-36(31)28-37/h1-30H. The first-order chi connectivity index (χ1) is 25.3. The van der Waals surface area contributed by atoms with Crippen LogP contribution in [0, 0.1) is 0 Å². The summed E-state index contributed by atoms with van der Waals surface area (Å²) in [6.45, 7) is 0. The minimum atomic E-state index is 0.682. The first-order valence-electron chi connectivity index (χ1n) is 17.2. The summed E-state index contributed by atoms with van der Waals surface area (Å²) in [6, 6.07) is 63.8. The Morgan fingerprint density at radius 2 is 1.00 bits per heavy atom. The molecule has 10 aromatic rings. The molecule has 0 radical (unpaired) electrons. The molecule has 51 heavy (non-hydrogen) atoms. The molecule has 3 heteroatoms. The van der Waals surface area contributed by atoms with Gasteiger partial charge in [-0.15, -0.1) is 0 Å². The third-order valence-electron chi connectivity index (χ3n) is 9.89. The van der Waals surface area contributed by atoms with Crippen molar-refractivity contribution in [1.29, 1.82) is 0 Å². The van der Waals surface area contributed by atoms with Gasteiger partial charge in [0.05, 0.1) is 11.4 Å². The van der Waals surface area contributed by atoms with Crippen molar-refractivity contribution in [2.24, 2.45) is 0 Å². The van der Waals surface area contributed by atoms with Crippen molar-refractivity contribution in [1.82, 2.24) is 9.97 Å². The zero-order valence-corrected chi connectivity index (χ0v) is 27.6. The summed E-state index contributed by atoms with van der Waals surface area (Å²) in [5, 5.41) is 6.85. The van der Waals surface area contributed by atoms with E-state index in [2.05, 4.69) is 164 Å². The van der Waals surface area contributed by atoms with E-state index in [1.54, 1.807) is 0 Å². The van der Waals surface area contributed by atoms with Crippen LogP contribution in [0.3, 0.4) is 0 Å². The number of nitrogens with zero attached hydrogens (tertiary/aromatic N) is 2. The number of aromatic nitrogens is 2. The van der Waals surface area contributed by atoms with Crippen LogP contribution in [0.25, 0.3) is 99.6 Å². The summed E-state index contributed by atoms with van der Waals surface area (Å²) in [7, 11) is 0. The number of benzene rings is 8. The van der Waals surface area contributed by atoms with Crippen LogP contribution in [0.1, 0.15) is 0 Å². The van der Waals surface area contributed by atoms with Crippen molar-refractivity contribution in [2.45, 2.75) is 0 Å². The van der Waals surface area contributed by atoms with Gasteiger partial charge in [-0.05, 0) is 62.7 Å². The maximum Gasteiger partial charge on any atom is 0.160 e. The van der Waals surface area contributed by atoms with Gasteiger partial charge in [0.25, 0.3) is 0 Å². The van der Waals surface area contributed by atoms with Gasteiger partial charge in [0.15, 0.2) is 5.82 Å². The summed E-state index contributed by atoms with van der Waals surface area (Å²) >= 11 is 0. The van der Waals surface area contributed by atoms with E-state index >= 15 is 0 Å². The van der Waals surface area contributed by atoms with Crippen molar-refractivity contribution in [3.8, 4) is 56.2 Å². The Kier molecular flexibility index (Phi) is 6.81. The highest BCUT2D eigenvalue weighted by Crippen LogP contribution is 2.43. The van der Waals surface area contributed by atoms with Gasteiger partial charge in [0, 0.05) is 32.8 Å². The summed E-state index contributed by atoms with van der Waals surface area (Å²) in [5.74, 6) is 0.682. The van der Waals surface area contributed by atoms with Crippen molar-refractivity contribution < 1.29 is 4.42 Å². The molecule has 0 N–H and O–H groups in total. The summed E-state index contributed by atoms with van der Waals surface area (Å²) in [4.78, 5) is 10.4. The van der Waals surface area contributed by atoms with Crippen LogP contribution >= 0.6 is 0 Å². The summed E-state index contributed by atoms with van der Waals surface area (Å²) in [6.07, 6.45) is 0. The lowest BCUT2D eigenvalue weighted by molar-refractivity contribution is 0.673. The van der Waals surface area contributed by atoms with E-state index in [-0.39, 0.29) is 0 Å². The zero-order chi connectivity index (χ0) is 33.7. The third-order valence-corrected chi connectivity index (χ3v) is 9.89. The van der Waals surface area contributed by atoms with Crippen LogP contribution in [0.15, 0.2) is 186 Å². The Balaban J connectivity index is 1.17.